The third-order valence-electron chi connectivity index (χ3n) is 3.13. The third kappa shape index (κ3) is 4.13. The van der Waals surface area contributed by atoms with Crippen molar-refractivity contribution in [3.8, 4) is 0 Å². The summed E-state index contributed by atoms with van der Waals surface area (Å²) in [6, 6.07) is 2.60. The van der Waals surface area contributed by atoms with E-state index in [-0.39, 0.29) is 0 Å². The van der Waals surface area contributed by atoms with Crippen LogP contribution in [0.5, 0.6) is 0 Å². The SMILES string of the molecule is CC(C)CN(Cc1ccno1)CC1CCCN1. The molecular weight excluding hydrogens is 214 g/mol. The van der Waals surface area contributed by atoms with Crippen LogP contribution >= 0.6 is 0 Å². The van der Waals surface area contributed by atoms with Crippen LogP contribution < -0.4 is 5.32 Å². The Kier molecular flexibility index (Phi) is 4.57. The molecule has 1 fully saturated rings. The molecule has 1 aliphatic rings. The molecule has 2 heterocycles. The highest BCUT2D eigenvalue weighted by atomic mass is 16.5. The maximum atomic E-state index is 5.20. The Hall–Kier alpha value is -0.870. The van der Waals surface area contributed by atoms with Crippen molar-refractivity contribution in [1.82, 2.24) is 15.4 Å². The molecular formula is C13H23N3O. The van der Waals surface area contributed by atoms with Crippen LogP contribution in [0.1, 0.15) is 32.4 Å². The topological polar surface area (TPSA) is 41.3 Å². The summed E-state index contributed by atoms with van der Waals surface area (Å²) in [5.74, 6) is 1.64. The first kappa shape index (κ1) is 12.6. The molecule has 1 aromatic rings. The lowest BCUT2D eigenvalue weighted by Gasteiger charge is -2.26. The standard InChI is InChI=1S/C13H23N3O/c1-11(2)8-16(9-12-4-3-6-14-12)10-13-5-7-15-17-13/h5,7,11-12,14H,3-4,6,8-10H2,1-2H3. The van der Waals surface area contributed by atoms with Gasteiger partial charge >= 0.3 is 0 Å². The molecule has 2 rings (SSSR count). The molecule has 17 heavy (non-hydrogen) atoms. The van der Waals surface area contributed by atoms with Crippen LogP contribution in [0.3, 0.4) is 0 Å². The predicted octanol–water partition coefficient (Wildman–Crippen LogP) is 1.88. The first-order valence-electron chi connectivity index (χ1n) is 6.59. The lowest BCUT2D eigenvalue weighted by molar-refractivity contribution is 0.193. The van der Waals surface area contributed by atoms with Crippen molar-refractivity contribution >= 4 is 0 Å². The summed E-state index contributed by atoms with van der Waals surface area (Å²) in [5.41, 5.74) is 0. The number of hydrogen-bond acceptors (Lipinski definition) is 4. The van der Waals surface area contributed by atoms with Gasteiger partial charge in [0.05, 0.1) is 12.7 Å². The normalized spacial score (nSPS) is 20.6. The molecule has 0 saturated carbocycles. The minimum Gasteiger partial charge on any atom is -0.360 e. The molecule has 0 aromatic carbocycles. The molecule has 4 heteroatoms. The maximum absolute atomic E-state index is 5.20. The van der Waals surface area contributed by atoms with Gasteiger partial charge in [0.2, 0.25) is 0 Å². The zero-order valence-electron chi connectivity index (χ0n) is 10.9. The average molecular weight is 237 g/mol. The van der Waals surface area contributed by atoms with Crippen molar-refractivity contribution in [2.45, 2.75) is 39.3 Å². The Morgan fingerprint density at radius 2 is 2.47 bits per heavy atom. The van der Waals surface area contributed by atoms with Gasteiger partial charge < -0.3 is 9.84 Å². The van der Waals surface area contributed by atoms with E-state index in [1.54, 1.807) is 6.20 Å². The summed E-state index contributed by atoms with van der Waals surface area (Å²) in [7, 11) is 0. The molecule has 0 radical (unpaired) electrons. The molecule has 0 amide bonds. The van der Waals surface area contributed by atoms with E-state index in [0.29, 0.717) is 12.0 Å². The summed E-state index contributed by atoms with van der Waals surface area (Å²) in [5, 5.41) is 7.32. The fourth-order valence-corrected chi connectivity index (χ4v) is 2.49. The van der Waals surface area contributed by atoms with Gasteiger partial charge in [-0.2, -0.15) is 0 Å². The summed E-state index contributed by atoms with van der Waals surface area (Å²) >= 11 is 0. The molecule has 1 aromatic heterocycles. The molecule has 1 aliphatic heterocycles. The number of rotatable bonds is 6. The zero-order valence-corrected chi connectivity index (χ0v) is 10.9. The van der Waals surface area contributed by atoms with Gasteiger partial charge in [-0.25, -0.2) is 0 Å². The van der Waals surface area contributed by atoms with E-state index in [1.165, 1.54) is 19.4 Å². The molecule has 0 spiro atoms. The predicted molar refractivity (Wildman–Crippen MR) is 67.6 cm³/mol. The van der Waals surface area contributed by atoms with E-state index in [1.807, 2.05) is 6.07 Å². The molecule has 0 aliphatic carbocycles. The van der Waals surface area contributed by atoms with E-state index in [0.717, 1.165) is 25.4 Å². The van der Waals surface area contributed by atoms with Crippen LogP contribution in [0.2, 0.25) is 0 Å². The average Bonchev–Trinajstić information content (AvgIpc) is 2.89. The second-order valence-corrected chi connectivity index (χ2v) is 5.36. The Labute approximate surface area is 103 Å². The van der Waals surface area contributed by atoms with Crippen LogP contribution in [0, 0.1) is 5.92 Å². The summed E-state index contributed by atoms with van der Waals surface area (Å²) in [6.45, 7) is 8.78. The fraction of sp³-hybridized carbons (Fsp3) is 0.769. The van der Waals surface area contributed by atoms with Gasteiger partial charge in [-0.3, -0.25) is 4.90 Å². The van der Waals surface area contributed by atoms with Crippen LogP contribution in [-0.2, 0) is 6.54 Å². The minimum absolute atomic E-state index is 0.650. The summed E-state index contributed by atoms with van der Waals surface area (Å²) in [6.07, 6.45) is 4.32. The van der Waals surface area contributed by atoms with Gasteiger partial charge in [0.15, 0.2) is 5.76 Å². The van der Waals surface area contributed by atoms with Gasteiger partial charge in [-0.05, 0) is 25.3 Å². The number of nitrogens with zero attached hydrogens (tertiary/aromatic N) is 2. The van der Waals surface area contributed by atoms with Crippen molar-refractivity contribution in [2.75, 3.05) is 19.6 Å². The molecule has 4 nitrogen and oxygen atoms in total. The van der Waals surface area contributed by atoms with E-state index >= 15 is 0 Å². The van der Waals surface area contributed by atoms with Gasteiger partial charge in [0, 0.05) is 25.2 Å². The lowest BCUT2D eigenvalue weighted by Crippen LogP contribution is -2.38. The van der Waals surface area contributed by atoms with E-state index < -0.39 is 0 Å². The molecule has 1 atom stereocenters. The maximum Gasteiger partial charge on any atom is 0.150 e. The molecule has 0 bridgehead atoms. The third-order valence-corrected chi connectivity index (χ3v) is 3.13. The first-order chi connectivity index (χ1) is 8.24. The monoisotopic (exact) mass is 237 g/mol. The summed E-state index contributed by atoms with van der Waals surface area (Å²) in [4.78, 5) is 2.47. The zero-order chi connectivity index (χ0) is 12.1. The number of hydrogen-bond donors (Lipinski definition) is 1. The van der Waals surface area contributed by atoms with Crippen molar-refractivity contribution in [2.24, 2.45) is 5.92 Å². The van der Waals surface area contributed by atoms with E-state index in [4.69, 9.17) is 4.52 Å². The Morgan fingerprint density at radius 3 is 3.06 bits per heavy atom. The van der Waals surface area contributed by atoms with Crippen LogP contribution in [0.15, 0.2) is 16.8 Å². The minimum atomic E-state index is 0.650. The van der Waals surface area contributed by atoms with Crippen LogP contribution in [-0.4, -0.2) is 35.7 Å². The first-order valence-corrected chi connectivity index (χ1v) is 6.59. The molecule has 1 saturated heterocycles. The highest BCUT2D eigenvalue weighted by Crippen LogP contribution is 2.12. The lowest BCUT2D eigenvalue weighted by atomic mass is 10.1. The van der Waals surface area contributed by atoms with Gasteiger partial charge in [-0.15, -0.1) is 0 Å². The molecule has 1 unspecified atom stereocenters. The highest BCUT2D eigenvalue weighted by Gasteiger charge is 2.19. The second kappa shape index (κ2) is 6.17. The van der Waals surface area contributed by atoms with Crippen molar-refractivity contribution in [1.29, 1.82) is 0 Å². The highest BCUT2D eigenvalue weighted by molar-refractivity contribution is 4.93. The quantitative estimate of drug-likeness (QED) is 0.820. The van der Waals surface area contributed by atoms with Crippen LogP contribution in [0.4, 0.5) is 0 Å². The number of aromatic nitrogens is 1. The largest absolute Gasteiger partial charge is 0.360 e. The van der Waals surface area contributed by atoms with Crippen LogP contribution in [0.25, 0.3) is 0 Å². The van der Waals surface area contributed by atoms with Crippen molar-refractivity contribution < 1.29 is 4.52 Å². The Bertz CT molecular complexity index is 304. The van der Waals surface area contributed by atoms with E-state index in [9.17, 15) is 0 Å². The van der Waals surface area contributed by atoms with Gasteiger partial charge in [-0.1, -0.05) is 19.0 Å². The molecule has 1 N–H and O–H groups in total. The Morgan fingerprint density at radius 1 is 1.59 bits per heavy atom. The molecule has 96 valence electrons. The van der Waals surface area contributed by atoms with E-state index in [2.05, 4.69) is 29.2 Å². The smallest absolute Gasteiger partial charge is 0.150 e. The summed E-state index contributed by atoms with van der Waals surface area (Å²) < 4.78 is 5.20. The Balaban J connectivity index is 1.87. The van der Waals surface area contributed by atoms with Gasteiger partial charge in [0.1, 0.15) is 0 Å². The van der Waals surface area contributed by atoms with Gasteiger partial charge in [0.25, 0.3) is 0 Å². The number of nitrogens with one attached hydrogen (secondary N) is 1. The second-order valence-electron chi connectivity index (χ2n) is 5.36. The van der Waals surface area contributed by atoms with Crippen molar-refractivity contribution in [3.63, 3.8) is 0 Å². The van der Waals surface area contributed by atoms with Crippen molar-refractivity contribution in [3.05, 3.63) is 18.0 Å². The fourth-order valence-electron chi connectivity index (χ4n) is 2.49.